The van der Waals surface area contributed by atoms with Gasteiger partial charge in [0.2, 0.25) is 0 Å². The van der Waals surface area contributed by atoms with Gasteiger partial charge in [-0.3, -0.25) is 10.5 Å². The first-order valence-electron chi connectivity index (χ1n) is 11.1. The highest BCUT2D eigenvalue weighted by Crippen LogP contribution is 2.56. The highest BCUT2D eigenvalue weighted by Gasteiger charge is 2.69. The quantitative estimate of drug-likeness (QED) is 0.846. The number of ether oxygens (including phenoxy) is 1. The van der Waals surface area contributed by atoms with Crippen LogP contribution in [0.3, 0.4) is 0 Å². The van der Waals surface area contributed by atoms with Gasteiger partial charge in [0.05, 0.1) is 12.5 Å². The lowest BCUT2D eigenvalue weighted by Crippen LogP contribution is -2.66. The van der Waals surface area contributed by atoms with E-state index >= 15 is 0 Å². The van der Waals surface area contributed by atoms with Gasteiger partial charge in [-0.2, -0.15) is 0 Å². The molecule has 2 N–H and O–H groups in total. The monoisotopic (exact) mass is 405 g/mol. The normalized spacial score (nSPS) is 28.6. The topological polar surface area (TPSA) is 58.8 Å². The number of anilines is 1. The lowest BCUT2D eigenvalue weighted by molar-refractivity contribution is -0.134. The lowest BCUT2D eigenvalue weighted by Gasteiger charge is -2.39. The minimum absolute atomic E-state index is 0.0722. The molecule has 0 aromatic heterocycles. The van der Waals surface area contributed by atoms with Crippen molar-refractivity contribution in [3.05, 3.63) is 59.7 Å². The van der Waals surface area contributed by atoms with Gasteiger partial charge < -0.3 is 14.5 Å². The first-order chi connectivity index (χ1) is 14.5. The Kier molecular flexibility index (Phi) is 4.55. The number of fused-ring (bicyclic) bond motifs is 3. The molecule has 1 saturated heterocycles. The second kappa shape index (κ2) is 7.02. The van der Waals surface area contributed by atoms with E-state index in [0.29, 0.717) is 12.6 Å². The van der Waals surface area contributed by atoms with Crippen molar-refractivity contribution in [2.45, 2.75) is 55.6 Å². The number of nitrogens with two attached hydrogens (primary N) is 1. The number of hydrogen-bond donors (Lipinski definition) is 1. The molecule has 0 bridgehead atoms. The molecule has 1 saturated carbocycles. The maximum absolute atomic E-state index is 14.0. The first kappa shape index (κ1) is 19.4. The van der Waals surface area contributed by atoms with E-state index in [1.165, 1.54) is 24.8 Å². The number of benzene rings is 2. The summed E-state index contributed by atoms with van der Waals surface area (Å²) in [6, 6.07) is 16.8. The molecule has 5 nitrogen and oxygen atoms in total. The zero-order valence-corrected chi connectivity index (χ0v) is 17.9. The molecule has 5 rings (SSSR count). The van der Waals surface area contributed by atoms with E-state index in [1.807, 2.05) is 30.1 Å². The van der Waals surface area contributed by atoms with Gasteiger partial charge in [0.15, 0.2) is 5.66 Å². The second-order valence-electron chi connectivity index (χ2n) is 9.18. The summed E-state index contributed by atoms with van der Waals surface area (Å²) >= 11 is 0. The van der Waals surface area contributed by atoms with Crippen LogP contribution in [0.5, 0.6) is 5.75 Å². The molecular weight excluding hydrogens is 374 g/mol. The van der Waals surface area contributed by atoms with E-state index in [-0.39, 0.29) is 5.91 Å². The van der Waals surface area contributed by atoms with E-state index in [1.54, 1.807) is 7.11 Å². The van der Waals surface area contributed by atoms with Crippen molar-refractivity contribution >= 4 is 11.6 Å². The van der Waals surface area contributed by atoms with Gasteiger partial charge >= 0.3 is 0 Å². The van der Waals surface area contributed by atoms with Crippen molar-refractivity contribution in [2.75, 3.05) is 25.6 Å². The zero-order valence-electron chi connectivity index (χ0n) is 17.9. The van der Waals surface area contributed by atoms with E-state index in [2.05, 4.69) is 35.2 Å². The highest BCUT2D eigenvalue weighted by atomic mass is 16.5. The van der Waals surface area contributed by atoms with Crippen LogP contribution in [0.4, 0.5) is 5.69 Å². The van der Waals surface area contributed by atoms with Crippen molar-refractivity contribution in [1.82, 2.24) is 4.90 Å². The van der Waals surface area contributed by atoms with E-state index in [9.17, 15) is 4.79 Å². The third kappa shape index (κ3) is 2.54. The fraction of sp³-hybridized carbons (Fsp3) is 0.480. The number of carbonyl (C=O) groups excluding carboxylic acids is 1. The molecule has 30 heavy (non-hydrogen) atoms. The number of likely N-dealkylation sites (tertiary alicyclic amines) is 1. The molecule has 2 aliphatic heterocycles. The molecule has 2 heterocycles. The lowest BCUT2D eigenvalue weighted by atomic mass is 9.70. The molecule has 3 aliphatic rings. The van der Waals surface area contributed by atoms with Gasteiger partial charge in [0.1, 0.15) is 5.75 Å². The molecule has 0 spiro atoms. The van der Waals surface area contributed by atoms with E-state index in [4.69, 9.17) is 10.5 Å². The van der Waals surface area contributed by atoms with Crippen molar-refractivity contribution < 1.29 is 9.53 Å². The number of nitrogens with zero attached hydrogens (tertiary/aromatic N) is 2. The minimum atomic E-state index is -1.09. The van der Waals surface area contributed by atoms with Crippen molar-refractivity contribution in [2.24, 2.45) is 5.73 Å². The van der Waals surface area contributed by atoms with E-state index in [0.717, 1.165) is 36.3 Å². The van der Waals surface area contributed by atoms with Crippen LogP contribution in [0, 0.1) is 0 Å². The third-order valence-corrected chi connectivity index (χ3v) is 7.73. The average Bonchev–Trinajstić information content (AvgIpc) is 3.12. The summed E-state index contributed by atoms with van der Waals surface area (Å²) in [4.78, 5) is 18.1. The van der Waals surface area contributed by atoms with E-state index < -0.39 is 11.1 Å². The maximum Gasteiger partial charge on any atom is 0.264 e. The molecule has 2 aromatic carbocycles. The molecule has 2 aromatic rings. The Morgan fingerprint density at radius 3 is 2.53 bits per heavy atom. The van der Waals surface area contributed by atoms with Gasteiger partial charge in [-0.15, -0.1) is 0 Å². The minimum Gasteiger partial charge on any atom is -0.497 e. The van der Waals surface area contributed by atoms with Gasteiger partial charge in [0.25, 0.3) is 5.91 Å². The van der Waals surface area contributed by atoms with Crippen LogP contribution in [0.1, 0.15) is 43.2 Å². The third-order valence-electron chi connectivity index (χ3n) is 7.73. The SMILES string of the molecule is COc1ccc2c(c1)[C@@]1(Cc3ccccc3)CN(C3CCCCC3)C(=O)[C@]1(N)N2C. The first-order valence-corrected chi connectivity index (χ1v) is 11.1. The molecule has 0 radical (unpaired) electrons. The Bertz CT molecular complexity index is 956. The maximum atomic E-state index is 14.0. The molecule has 0 unspecified atom stereocenters. The van der Waals surface area contributed by atoms with Gasteiger partial charge in [0, 0.05) is 25.3 Å². The standard InChI is InChI=1S/C25H31N3O2/c1-27-22-14-13-20(30-2)15-21(22)24(16-18-9-5-3-6-10-18)17-28(23(29)25(24,27)26)19-11-7-4-8-12-19/h3,5-6,9-10,13-15,19H,4,7-8,11-12,16-17,26H2,1-2H3/t24-,25+/m1/s1. The van der Waals surface area contributed by atoms with Gasteiger partial charge in [-0.1, -0.05) is 49.6 Å². The van der Waals surface area contributed by atoms with Gasteiger partial charge in [-0.05, 0) is 48.6 Å². The van der Waals surface area contributed by atoms with Crippen molar-refractivity contribution in [3.63, 3.8) is 0 Å². The fourth-order valence-electron chi connectivity index (χ4n) is 6.09. The van der Waals surface area contributed by atoms with Crippen LogP contribution < -0.4 is 15.4 Å². The van der Waals surface area contributed by atoms with Crippen LogP contribution in [0.15, 0.2) is 48.5 Å². The summed E-state index contributed by atoms with van der Waals surface area (Å²) in [7, 11) is 3.66. The Morgan fingerprint density at radius 2 is 1.83 bits per heavy atom. The van der Waals surface area contributed by atoms with Gasteiger partial charge in [-0.25, -0.2) is 0 Å². The number of carbonyl (C=O) groups is 1. The Morgan fingerprint density at radius 1 is 1.10 bits per heavy atom. The van der Waals surface area contributed by atoms with Crippen molar-refractivity contribution in [3.8, 4) is 5.75 Å². The number of methoxy groups -OCH3 is 1. The number of likely N-dealkylation sites (N-methyl/N-ethyl adjacent to an activating group) is 1. The largest absolute Gasteiger partial charge is 0.497 e. The Labute approximate surface area is 178 Å². The summed E-state index contributed by atoms with van der Waals surface area (Å²) in [5, 5.41) is 0. The zero-order chi connectivity index (χ0) is 20.9. The number of hydrogen-bond acceptors (Lipinski definition) is 4. The van der Waals surface area contributed by atoms with Crippen molar-refractivity contribution in [1.29, 1.82) is 0 Å². The van der Waals surface area contributed by atoms with Crippen LogP contribution >= 0.6 is 0 Å². The number of amides is 1. The molecule has 1 aliphatic carbocycles. The predicted molar refractivity (Wildman–Crippen MR) is 119 cm³/mol. The highest BCUT2D eigenvalue weighted by molar-refractivity contribution is 5.98. The summed E-state index contributed by atoms with van der Waals surface area (Å²) in [5.74, 6) is 0.880. The summed E-state index contributed by atoms with van der Waals surface area (Å²) in [5.41, 5.74) is 8.93. The Balaban J connectivity index is 1.67. The molecular formula is C25H31N3O2. The second-order valence-corrected chi connectivity index (χ2v) is 9.18. The fourth-order valence-corrected chi connectivity index (χ4v) is 6.09. The van der Waals surface area contributed by atoms with Crippen LogP contribution in [0.2, 0.25) is 0 Å². The molecule has 2 atom stereocenters. The van der Waals surface area contributed by atoms with Crippen LogP contribution in [0.25, 0.3) is 0 Å². The molecule has 158 valence electrons. The smallest absolute Gasteiger partial charge is 0.264 e. The molecule has 1 amide bonds. The molecule has 2 fully saturated rings. The summed E-state index contributed by atoms with van der Waals surface area (Å²) in [6.45, 7) is 0.659. The number of rotatable bonds is 4. The summed E-state index contributed by atoms with van der Waals surface area (Å²) < 4.78 is 5.56. The summed E-state index contributed by atoms with van der Waals surface area (Å²) in [6.07, 6.45) is 6.54. The predicted octanol–water partition coefficient (Wildman–Crippen LogP) is 3.46. The Hall–Kier alpha value is -2.53. The van der Waals surface area contributed by atoms with Crippen LogP contribution in [-0.4, -0.2) is 43.2 Å². The molecule has 5 heteroatoms. The van der Waals surface area contributed by atoms with Crippen LogP contribution in [-0.2, 0) is 16.6 Å². The average molecular weight is 406 g/mol.